The number of hydrogen-bond donors (Lipinski definition) is 0. The molecule has 0 amide bonds. The molecule has 72 valence electrons. The van der Waals surface area contributed by atoms with E-state index in [0.717, 1.165) is 6.08 Å². The summed E-state index contributed by atoms with van der Waals surface area (Å²) in [5, 5.41) is 10.3. The molecule has 0 radical (unpaired) electrons. The van der Waals surface area contributed by atoms with E-state index in [4.69, 9.17) is 4.74 Å². The van der Waals surface area contributed by atoms with Crippen molar-refractivity contribution in [3.05, 3.63) is 47.0 Å². The molecule has 1 rings (SSSR count). The van der Waals surface area contributed by atoms with Gasteiger partial charge in [0.25, 0.3) is 5.69 Å². The van der Waals surface area contributed by atoms with E-state index in [2.05, 4.69) is 6.58 Å². The number of hydrogen-bond acceptors (Lipinski definition) is 4. The summed E-state index contributed by atoms with van der Waals surface area (Å²) in [6.07, 6.45) is 1.02. The first-order chi connectivity index (χ1) is 6.63. The molecule has 0 aliphatic rings. The number of benzene rings is 1. The van der Waals surface area contributed by atoms with Crippen LogP contribution in [0.25, 0.3) is 0 Å². The Morgan fingerprint density at radius 3 is 2.43 bits per heavy atom. The van der Waals surface area contributed by atoms with E-state index >= 15 is 0 Å². The van der Waals surface area contributed by atoms with Crippen molar-refractivity contribution in [3.8, 4) is 5.75 Å². The molecule has 0 heterocycles. The summed E-state index contributed by atoms with van der Waals surface area (Å²) in [5.74, 6) is -0.348. The molecular weight excluding hydrogens is 186 g/mol. The molecule has 0 saturated carbocycles. The third-order valence-corrected chi connectivity index (χ3v) is 1.43. The number of nitro benzene ring substituents is 1. The molecule has 0 aromatic heterocycles. The van der Waals surface area contributed by atoms with E-state index in [0.29, 0.717) is 0 Å². The van der Waals surface area contributed by atoms with Gasteiger partial charge in [0.15, 0.2) is 0 Å². The molecule has 0 fully saturated rings. The monoisotopic (exact) mass is 193 g/mol. The van der Waals surface area contributed by atoms with Crippen molar-refractivity contribution < 1.29 is 14.5 Å². The standard InChI is InChI=1S/C9H7NO4/c1-2-9(11)14-8-5-3-7(4-6-8)10(12)13/h2-6H,1H2. The van der Waals surface area contributed by atoms with Crippen LogP contribution in [0.3, 0.4) is 0 Å². The van der Waals surface area contributed by atoms with Gasteiger partial charge >= 0.3 is 5.97 Å². The van der Waals surface area contributed by atoms with Crippen molar-refractivity contribution in [2.45, 2.75) is 0 Å². The van der Waals surface area contributed by atoms with Gasteiger partial charge in [0, 0.05) is 18.2 Å². The lowest BCUT2D eigenvalue weighted by atomic mass is 10.3. The molecule has 0 atom stereocenters. The molecule has 0 aliphatic carbocycles. The Morgan fingerprint density at radius 2 is 2.00 bits per heavy atom. The molecule has 1 aromatic rings. The summed E-state index contributed by atoms with van der Waals surface area (Å²) in [7, 11) is 0. The quantitative estimate of drug-likeness (QED) is 0.241. The highest BCUT2D eigenvalue weighted by molar-refractivity contribution is 5.83. The van der Waals surface area contributed by atoms with Crippen molar-refractivity contribution in [3.63, 3.8) is 0 Å². The molecule has 0 saturated heterocycles. The Hall–Kier alpha value is -2.17. The van der Waals surface area contributed by atoms with Gasteiger partial charge in [-0.1, -0.05) is 6.58 Å². The van der Waals surface area contributed by atoms with Crippen LogP contribution in [0.2, 0.25) is 0 Å². The first-order valence-electron chi connectivity index (χ1n) is 3.72. The van der Waals surface area contributed by atoms with E-state index in [-0.39, 0.29) is 11.4 Å². The Labute approximate surface area is 79.8 Å². The molecule has 0 unspecified atom stereocenters. The van der Waals surface area contributed by atoms with Gasteiger partial charge in [0.05, 0.1) is 4.92 Å². The number of esters is 1. The molecular formula is C9H7NO4. The highest BCUT2D eigenvalue weighted by Crippen LogP contribution is 2.17. The molecule has 0 aliphatic heterocycles. The second kappa shape index (κ2) is 4.18. The van der Waals surface area contributed by atoms with Crippen LogP contribution < -0.4 is 4.74 Å². The van der Waals surface area contributed by atoms with Gasteiger partial charge in [0.2, 0.25) is 0 Å². The van der Waals surface area contributed by atoms with E-state index < -0.39 is 10.9 Å². The minimum absolute atomic E-state index is 0.0524. The first kappa shape index (κ1) is 9.91. The molecule has 5 heteroatoms. The molecule has 0 spiro atoms. The maximum Gasteiger partial charge on any atom is 0.335 e. The SMILES string of the molecule is C=CC(=O)Oc1ccc([N+](=O)[O-])cc1. The van der Waals surface area contributed by atoms with E-state index in [1.54, 1.807) is 0 Å². The lowest BCUT2D eigenvalue weighted by molar-refractivity contribution is -0.384. The van der Waals surface area contributed by atoms with Crippen LogP contribution in [-0.4, -0.2) is 10.9 Å². The number of carbonyl (C=O) groups is 1. The van der Waals surface area contributed by atoms with Gasteiger partial charge in [-0.05, 0) is 12.1 Å². The zero-order valence-corrected chi connectivity index (χ0v) is 7.17. The van der Waals surface area contributed by atoms with Gasteiger partial charge in [-0.2, -0.15) is 0 Å². The lowest BCUT2D eigenvalue weighted by Crippen LogP contribution is -2.02. The van der Waals surface area contributed by atoms with Crippen LogP contribution in [-0.2, 0) is 4.79 Å². The van der Waals surface area contributed by atoms with Crippen LogP contribution in [0.5, 0.6) is 5.75 Å². The average molecular weight is 193 g/mol. The lowest BCUT2D eigenvalue weighted by Gasteiger charge is -1.99. The highest BCUT2D eigenvalue weighted by atomic mass is 16.6. The van der Waals surface area contributed by atoms with Crippen molar-refractivity contribution >= 4 is 11.7 Å². The molecule has 0 N–H and O–H groups in total. The molecule has 0 bridgehead atoms. The van der Waals surface area contributed by atoms with E-state index in [9.17, 15) is 14.9 Å². The number of nitro groups is 1. The van der Waals surface area contributed by atoms with Gasteiger partial charge in [-0.3, -0.25) is 10.1 Å². The Balaban J connectivity index is 2.78. The normalized spacial score (nSPS) is 9.14. The van der Waals surface area contributed by atoms with Crippen LogP contribution in [0, 0.1) is 10.1 Å². The molecule has 5 nitrogen and oxygen atoms in total. The van der Waals surface area contributed by atoms with Gasteiger partial charge < -0.3 is 4.74 Å². The smallest absolute Gasteiger partial charge is 0.335 e. The number of non-ortho nitro benzene ring substituents is 1. The summed E-state index contributed by atoms with van der Waals surface area (Å²) in [6.45, 7) is 3.22. The minimum atomic E-state index is -0.598. The van der Waals surface area contributed by atoms with E-state index in [1.807, 2.05) is 0 Å². The largest absolute Gasteiger partial charge is 0.423 e. The number of ether oxygens (including phenoxy) is 1. The summed E-state index contributed by atoms with van der Waals surface area (Å²) in [6, 6.07) is 5.20. The number of nitrogens with zero attached hydrogens (tertiary/aromatic N) is 1. The fourth-order valence-corrected chi connectivity index (χ4v) is 0.794. The van der Waals surface area contributed by atoms with Crippen molar-refractivity contribution in [2.75, 3.05) is 0 Å². The van der Waals surface area contributed by atoms with E-state index in [1.165, 1.54) is 24.3 Å². The average Bonchev–Trinajstić information content (AvgIpc) is 2.18. The first-order valence-corrected chi connectivity index (χ1v) is 3.72. The third-order valence-electron chi connectivity index (χ3n) is 1.43. The van der Waals surface area contributed by atoms with Crippen LogP contribution in [0.15, 0.2) is 36.9 Å². The van der Waals surface area contributed by atoms with Gasteiger partial charge in [0.1, 0.15) is 5.75 Å². The van der Waals surface area contributed by atoms with Crippen molar-refractivity contribution in [1.29, 1.82) is 0 Å². The maximum absolute atomic E-state index is 10.7. The van der Waals surface area contributed by atoms with Gasteiger partial charge in [-0.15, -0.1) is 0 Å². The van der Waals surface area contributed by atoms with Crippen molar-refractivity contribution in [1.82, 2.24) is 0 Å². The van der Waals surface area contributed by atoms with Crippen molar-refractivity contribution in [2.24, 2.45) is 0 Å². The van der Waals surface area contributed by atoms with Crippen LogP contribution in [0.1, 0.15) is 0 Å². The maximum atomic E-state index is 10.7. The summed E-state index contributed by atoms with van der Waals surface area (Å²) < 4.78 is 4.72. The Morgan fingerprint density at radius 1 is 1.43 bits per heavy atom. The topological polar surface area (TPSA) is 69.4 Å². The fourth-order valence-electron chi connectivity index (χ4n) is 0.794. The molecule has 14 heavy (non-hydrogen) atoms. The second-order valence-electron chi connectivity index (χ2n) is 2.38. The zero-order valence-electron chi connectivity index (χ0n) is 7.17. The zero-order chi connectivity index (χ0) is 10.6. The van der Waals surface area contributed by atoms with Gasteiger partial charge in [-0.25, -0.2) is 4.79 Å². The predicted molar refractivity (Wildman–Crippen MR) is 48.9 cm³/mol. The minimum Gasteiger partial charge on any atom is -0.423 e. The van der Waals surface area contributed by atoms with Crippen LogP contribution in [0.4, 0.5) is 5.69 Å². The number of rotatable bonds is 3. The highest BCUT2D eigenvalue weighted by Gasteiger charge is 2.05. The third kappa shape index (κ3) is 2.41. The summed E-state index contributed by atoms with van der Waals surface area (Å²) in [5.41, 5.74) is -0.0524. The summed E-state index contributed by atoms with van der Waals surface area (Å²) in [4.78, 5) is 20.5. The molecule has 1 aromatic carbocycles. The summed E-state index contributed by atoms with van der Waals surface area (Å²) >= 11 is 0. The number of carbonyl (C=O) groups excluding carboxylic acids is 1. The fraction of sp³-hybridized carbons (Fsp3) is 0. The second-order valence-corrected chi connectivity index (χ2v) is 2.38. The Bertz CT molecular complexity index is 369. The van der Waals surface area contributed by atoms with Crippen LogP contribution >= 0.6 is 0 Å². The predicted octanol–water partition coefficient (Wildman–Crippen LogP) is 1.69. The Kier molecular flexibility index (Phi) is 2.96.